The smallest absolute Gasteiger partial charge is 0.222 e. The van der Waals surface area contributed by atoms with Gasteiger partial charge in [-0.1, -0.05) is 6.92 Å². The van der Waals surface area contributed by atoms with Gasteiger partial charge in [-0.2, -0.15) is 5.10 Å². The number of carbonyl (C=O) groups excluding carboxylic acids is 1. The first-order valence-corrected chi connectivity index (χ1v) is 9.72. The molecule has 0 N–H and O–H groups in total. The molecule has 6 heteroatoms. The molecule has 5 nitrogen and oxygen atoms in total. The van der Waals surface area contributed by atoms with Crippen LogP contribution >= 0.6 is 15.9 Å². The van der Waals surface area contributed by atoms with Crippen LogP contribution in [0.15, 0.2) is 22.8 Å². The molecule has 4 rings (SSSR count). The minimum Gasteiger partial charge on any atom is -0.495 e. The summed E-state index contributed by atoms with van der Waals surface area (Å²) in [4.78, 5) is 14.0. The normalized spacial score (nSPS) is 29.8. The first-order chi connectivity index (χ1) is 11.9. The van der Waals surface area contributed by atoms with Crippen molar-refractivity contribution in [3.05, 3.63) is 22.8 Å². The average molecular weight is 406 g/mol. The zero-order chi connectivity index (χ0) is 17.8. The van der Waals surface area contributed by atoms with Crippen LogP contribution < -0.4 is 4.74 Å². The predicted octanol–water partition coefficient (Wildman–Crippen LogP) is 4.16. The first-order valence-electron chi connectivity index (χ1n) is 8.92. The fourth-order valence-corrected chi connectivity index (χ4v) is 5.30. The van der Waals surface area contributed by atoms with Gasteiger partial charge in [-0.25, -0.2) is 0 Å². The summed E-state index contributed by atoms with van der Waals surface area (Å²) >= 11 is 3.55. The molecule has 1 aromatic heterocycles. The predicted molar refractivity (Wildman–Crippen MR) is 101 cm³/mol. The molecule has 2 aromatic rings. The molecule has 3 unspecified atom stereocenters. The highest BCUT2D eigenvalue weighted by Crippen LogP contribution is 2.47. The van der Waals surface area contributed by atoms with E-state index in [4.69, 9.17) is 9.84 Å². The SMILES string of the molecule is COc1cc2nn(C3CCC4(CCC(=O)N4C)CC3C)cc2cc1Br. The van der Waals surface area contributed by atoms with Crippen molar-refractivity contribution < 1.29 is 9.53 Å². The van der Waals surface area contributed by atoms with Gasteiger partial charge in [0.05, 0.1) is 23.1 Å². The Morgan fingerprint density at radius 1 is 1.36 bits per heavy atom. The number of methoxy groups -OCH3 is 1. The second kappa shape index (κ2) is 6.01. The summed E-state index contributed by atoms with van der Waals surface area (Å²) in [6.07, 6.45) is 7.03. The van der Waals surface area contributed by atoms with Gasteiger partial charge in [-0.3, -0.25) is 9.48 Å². The lowest BCUT2D eigenvalue weighted by molar-refractivity contribution is -0.131. The van der Waals surface area contributed by atoms with Gasteiger partial charge in [0.2, 0.25) is 5.91 Å². The Labute approximate surface area is 156 Å². The molecule has 2 aliphatic rings. The Morgan fingerprint density at radius 3 is 2.80 bits per heavy atom. The number of ether oxygens (including phenoxy) is 1. The van der Waals surface area contributed by atoms with Crippen molar-refractivity contribution in [3.63, 3.8) is 0 Å². The maximum atomic E-state index is 12.0. The minimum atomic E-state index is 0.0752. The molecule has 1 saturated heterocycles. The molecule has 0 bridgehead atoms. The Bertz CT molecular complexity index is 833. The van der Waals surface area contributed by atoms with Gasteiger partial charge in [0.25, 0.3) is 0 Å². The second-order valence-corrected chi connectivity index (χ2v) is 8.47. The van der Waals surface area contributed by atoms with Crippen LogP contribution in [0, 0.1) is 5.92 Å². The molecule has 1 aliphatic heterocycles. The lowest BCUT2D eigenvalue weighted by Gasteiger charge is -2.45. The monoisotopic (exact) mass is 405 g/mol. The largest absolute Gasteiger partial charge is 0.495 e. The number of halogens is 1. The van der Waals surface area contributed by atoms with E-state index in [9.17, 15) is 4.79 Å². The number of fused-ring (bicyclic) bond motifs is 1. The van der Waals surface area contributed by atoms with E-state index in [-0.39, 0.29) is 5.54 Å². The summed E-state index contributed by atoms with van der Waals surface area (Å²) in [6.45, 7) is 2.30. The summed E-state index contributed by atoms with van der Waals surface area (Å²) in [5.41, 5.74) is 1.03. The molecule has 1 spiro atoms. The lowest BCUT2D eigenvalue weighted by Crippen LogP contribution is -2.48. The number of hydrogen-bond donors (Lipinski definition) is 0. The van der Waals surface area contributed by atoms with Crippen molar-refractivity contribution in [1.29, 1.82) is 0 Å². The van der Waals surface area contributed by atoms with Gasteiger partial charge in [0.15, 0.2) is 0 Å². The third-order valence-electron chi connectivity index (χ3n) is 6.29. The van der Waals surface area contributed by atoms with Crippen molar-refractivity contribution in [2.45, 2.75) is 50.6 Å². The van der Waals surface area contributed by atoms with Crippen molar-refractivity contribution >= 4 is 32.7 Å². The van der Waals surface area contributed by atoms with Crippen LogP contribution in [0.4, 0.5) is 0 Å². The number of amides is 1. The van der Waals surface area contributed by atoms with Crippen LogP contribution in [0.25, 0.3) is 10.9 Å². The van der Waals surface area contributed by atoms with E-state index in [0.29, 0.717) is 24.3 Å². The van der Waals surface area contributed by atoms with Crippen molar-refractivity contribution in [2.24, 2.45) is 5.92 Å². The number of nitrogens with zero attached hydrogens (tertiary/aromatic N) is 3. The Hall–Kier alpha value is -1.56. The Morgan fingerprint density at radius 2 is 2.16 bits per heavy atom. The van der Waals surface area contributed by atoms with E-state index in [1.807, 2.05) is 18.0 Å². The van der Waals surface area contributed by atoms with Crippen LogP contribution in [0.3, 0.4) is 0 Å². The molecule has 3 atom stereocenters. The molecule has 1 aromatic carbocycles. The number of aromatic nitrogens is 2. The fraction of sp³-hybridized carbons (Fsp3) is 0.579. The van der Waals surface area contributed by atoms with Gasteiger partial charge < -0.3 is 9.64 Å². The van der Waals surface area contributed by atoms with E-state index in [1.165, 1.54) is 0 Å². The van der Waals surface area contributed by atoms with Gasteiger partial charge in [0.1, 0.15) is 5.75 Å². The summed E-state index contributed by atoms with van der Waals surface area (Å²) in [7, 11) is 3.65. The zero-order valence-corrected chi connectivity index (χ0v) is 16.5. The number of hydrogen-bond acceptors (Lipinski definition) is 3. The van der Waals surface area contributed by atoms with Crippen molar-refractivity contribution in [2.75, 3.05) is 14.2 Å². The number of likely N-dealkylation sites (tertiary alicyclic amines) is 1. The summed E-state index contributed by atoms with van der Waals surface area (Å²) in [6, 6.07) is 4.43. The molecular formula is C19H24BrN3O2. The van der Waals surface area contributed by atoms with E-state index in [2.05, 4.69) is 39.8 Å². The standard InChI is InChI=1S/C19H24BrN3O2/c1-12-10-19(7-5-18(24)22(19)2)6-4-16(12)23-11-13-8-14(20)17(25-3)9-15(13)21-23/h8-9,11-12,16H,4-7,10H2,1-3H3. The van der Waals surface area contributed by atoms with Crippen molar-refractivity contribution in [3.8, 4) is 5.75 Å². The Kier molecular flexibility index (Phi) is 4.06. The molecule has 1 amide bonds. The molecule has 2 fully saturated rings. The summed E-state index contributed by atoms with van der Waals surface area (Å²) in [5, 5.41) is 5.94. The minimum absolute atomic E-state index is 0.0752. The highest BCUT2D eigenvalue weighted by atomic mass is 79.9. The first kappa shape index (κ1) is 16.9. The molecule has 25 heavy (non-hydrogen) atoms. The quantitative estimate of drug-likeness (QED) is 0.753. The third kappa shape index (κ3) is 2.65. The van der Waals surface area contributed by atoms with E-state index in [0.717, 1.165) is 46.8 Å². The summed E-state index contributed by atoms with van der Waals surface area (Å²) in [5.74, 6) is 1.59. The fourth-order valence-electron chi connectivity index (χ4n) is 4.77. The van der Waals surface area contributed by atoms with E-state index < -0.39 is 0 Å². The highest BCUT2D eigenvalue weighted by Gasteiger charge is 2.47. The number of benzene rings is 1. The Balaban J connectivity index is 1.61. The van der Waals surface area contributed by atoms with Crippen LogP contribution in [0.5, 0.6) is 5.75 Å². The third-order valence-corrected chi connectivity index (χ3v) is 6.91. The summed E-state index contributed by atoms with van der Waals surface area (Å²) < 4.78 is 8.46. The maximum absolute atomic E-state index is 12.0. The second-order valence-electron chi connectivity index (χ2n) is 7.62. The van der Waals surface area contributed by atoms with Gasteiger partial charge in [-0.05, 0) is 53.6 Å². The van der Waals surface area contributed by atoms with Gasteiger partial charge in [0, 0.05) is 36.7 Å². The molecular weight excluding hydrogens is 382 g/mol. The van der Waals surface area contributed by atoms with E-state index in [1.54, 1.807) is 7.11 Å². The molecule has 0 radical (unpaired) electrons. The highest BCUT2D eigenvalue weighted by molar-refractivity contribution is 9.10. The zero-order valence-electron chi connectivity index (χ0n) is 15.0. The lowest BCUT2D eigenvalue weighted by atomic mass is 9.72. The van der Waals surface area contributed by atoms with E-state index >= 15 is 0 Å². The number of carbonyl (C=O) groups is 1. The maximum Gasteiger partial charge on any atom is 0.222 e. The topological polar surface area (TPSA) is 47.4 Å². The van der Waals surface area contributed by atoms with Crippen LogP contribution in [0.2, 0.25) is 0 Å². The van der Waals surface area contributed by atoms with Gasteiger partial charge >= 0.3 is 0 Å². The average Bonchev–Trinajstić information content (AvgIpc) is 3.10. The molecule has 2 heterocycles. The van der Waals surface area contributed by atoms with Crippen LogP contribution in [-0.4, -0.2) is 40.3 Å². The van der Waals surface area contributed by atoms with Crippen LogP contribution in [0.1, 0.15) is 45.1 Å². The van der Waals surface area contributed by atoms with Crippen LogP contribution in [-0.2, 0) is 4.79 Å². The van der Waals surface area contributed by atoms with Crippen molar-refractivity contribution in [1.82, 2.24) is 14.7 Å². The molecule has 1 saturated carbocycles. The van der Waals surface area contributed by atoms with Gasteiger partial charge in [-0.15, -0.1) is 0 Å². The number of rotatable bonds is 2. The molecule has 1 aliphatic carbocycles. The molecule has 134 valence electrons.